The Labute approximate surface area is 192 Å². The Bertz CT molecular complexity index is 1130. The number of hydrogen-bond donors (Lipinski definition) is 2. The van der Waals surface area contributed by atoms with E-state index in [0.29, 0.717) is 12.8 Å². The van der Waals surface area contributed by atoms with E-state index in [0.717, 1.165) is 11.1 Å². The lowest BCUT2D eigenvalue weighted by molar-refractivity contribution is -0.358. The summed E-state index contributed by atoms with van der Waals surface area (Å²) in [7, 11) is 0. The Morgan fingerprint density at radius 2 is 1.85 bits per heavy atom. The van der Waals surface area contributed by atoms with Crippen LogP contribution in [0.25, 0.3) is 0 Å². The van der Waals surface area contributed by atoms with Crippen LogP contribution in [-0.2, 0) is 30.3 Å². The molecule has 3 heterocycles. The number of hydrogen-bond acceptors (Lipinski definition) is 7. The predicted octanol–water partition coefficient (Wildman–Crippen LogP) is 2.38. The first-order chi connectivity index (χ1) is 15.5. The zero-order valence-corrected chi connectivity index (χ0v) is 19.4. The van der Waals surface area contributed by atoms with E-state index < -0.39 is 57.2 Å². The van der Waals surface area contributed by atoms with Crippen LogP contribution in [0.4, 0.5) is 0 Å². The molecule has 0 radical (unpaired) electrons. The summed E-state index contributed by atoms with van der Waals surface area (Å²) in [5, 5.41) is 23.8. The molecule has 7 nitrogen and oxygen atoms in total. The number of ether oxygens (including phenoxy) is 4. The van der Waals surface area contributed by atoms with Gasteiger partial charge in [-0.1, -0.05) is 35.9 Å². The number of aliphatic hydroxyl groups excluding tert-OH is 1. The minimum absolute atomic E-state index is 0.242. The average molecular weight is 455 g/mol. The normalized spacial score (nSPS) is 54.5. The highest BCUT2D eigenvalue weighted by molar-refractivity contribution is 6.01. The van der Waals surface area contributed by atoms with Crippen molar-refractivity contribution in [2.24, 2.45) is 11.3 Å². The molecule has 33 heavy (non-hydrogen) atoms. The van der Waals surface area contributed by atoms with Gasteiger partial charge in [0.25, 0.3) is 0 Å². The molecule has 7 heteroatoms. The third-order valence-corrected chi connectivity index (χ3v) is 9.71. The van der Waals surface area contributed by atoms with Crippen LogP contribution in [0.2, 0.25) is 0 Å². The van der Waals surface area contributed by atoms with Crippen molar-refractivity contribution in [3.63, 3.8) is 0 Å². The zero-order chi connectivity index (χ0) is 23.3. The van der Waals surface area contributed by atoms with Crippen molar-refractivity contribution in [3.8, 4) is 0 Å². The van der Waals surface area contributed by atoms with Gasteiger partial charge in [-0.15, -0.1) is 0 Å². The molecule has 7 aliphatic rings. The van der Waals surface area contributed by atoms with Gasteiger partial charge in [0.2, 0.25) is 0 Å². The second-order valence-electron chi connectivity index (χ2n) is 11.5. The molecular weight excluding hydrogens is 424 g/mol. The molecule has 2 N–H and O–H groups in total. The maximum atomic E-state index is 14.0. The molecule has 0 amide bonds. The fourth-order valence-electron chi connectivity index (χ4n) is 8.70. The molecule has 3 saturated carbocycles. The van der Waals surface area contributed by atoms with Gasteiger partial charge in [-0.05, 0) is 52.2 Å². The van der Waals surface area contributed by atoms with Crippen LogP contribution >= 0.6 is 0 Å². The van der Waals surface area contributed by atoms with E-state index >= 15 is 0 Å². The highest BCUT2D eigenvalue weighted by Gasteiger charge is 3.07. The van der Waals surface area contributed by atoms with Gasteiger partial charge < -0.3 is 29.2 Å². The molecule has 176 valence electrons. The van der Waals surface area contributed by atoms with Crippen molar-refractivity contribution < 1.29 is 34.0 Å². The zero-order valence-electron chi connectivity index (χ0n) is 19.4. The largest absolute Gasteiger partial charge is 0.386 e. The second kappa shape index (κ2) is 5.45. The number of rotatable bonds is 3. The Hall–Kier alpha value is -1.61. The van der Waals surface area contributed by atoms with E-state index in [2.05, 4.69) is 0 Å². The molecule has 3 saturated heterocycles. The quantitative estimate of drug-likeness (QED) is 0.678. The molecule has 1 aromatic rings. The Balaban J connectivity index is 1.50. The molecule has 6 bridgehead atoms. The van der Waals surface area contributed by atoms with E-state index in [1.807, 2.05) is 50.3 Å². The Morgan fingerprint density at radius 3 is 2.58 bits per heavy atom. The van der Waals surface area contributed by atoms with Gasteiger partial charge in [0.15, 0.2) is 34.2 Å². The minimum atomic E-state index is -1.50. The van der Waals surface area contributed by atoms with E-state index in [1.54, 1.807) is 13.8 Å². The Morgan fingerprint density at radius 1 is 1.12 bits per heavy atom. The number of carbonyl (C=O) groups excluding carboxylic acids is 1. The monoisotopic (exact) mass is 454 g/mol. The summed E-state index contributed by atoms with van der Waals surface area (Å²) in [5.74, 6) is -3.47. The van der Waals surface area contributed by atoms with Crippen molar-refractivity contribution in [1.82, 2.24) is 0 Å². The lowest BCUT2D eigenvalue weighted by Crippen LogP contribution is -2.68. The molecule has 0 aromatic heterocycles. The molecular formula is C26H30O7. The van der Waals surface area contributed by atoms with Crippen LogP contribution in [0.1, 0.15) is 52.5 Å². The van der Waals surface area contributed by atoms with E-state index in [9.17, 15) is 15.0 Å². The SMILES string of the molecule is CC1=CC23OC4(OCc5ccccc5)CC(C2(O)CC1)C12OC(C)(C)OC13C4(C)C(O)C2=O. The van der Waals surface area contributed by atoms with Gasteiger partial charge in [0, 0.05) is 12.3 Å². The van der Waals surface area contributed by atoms with Gasteiger partial charge in [-0.2, -0.15) is 0 Å². The summed E-state index contributed by atoms with van der Waals surface area (Å²) >= 11 is 0. The highest BCUT2D eigenvalue weighted by atomic mass is 16.8. The number of Topliss-reactive ketones (excluding diaryl/α,β-unsaturated/α-hetero) is 1. The predicted molar refractivity (Wildman–Crippen MR) is 115 cm³/mol. The molecule has 8 rings (SSSR count). The van der Waals surface area contributed by atoms with Crippen LogP contribution in [0, 0.1) is 11.3 Å². The van der Waals surface area contributed by atoms with Crippen LogP contribution in [-0.4, -0.2) is 56.1 Å². The number of carbonyl (C=O) groups is 1. The smallest absolute Gasteiger partial charge is 0.197 e. The van der Waals surface area contributed by atoms with Gasteiger partial charge in [-0.25, -0.2) is 0 Å². The van der Waals surface area contributed by atoms with Crippen molar-refractivity contribution in [3.05, 3.63) is 47.5 Å². The van der Waals surface area contributed by atoms with Crippen molar-refractivity contribution >= 4 is 5.78 Å². The van der Waals surface area contributed by atoms with Crippen LogP contribution in [0.3, 0.4) is 0 Å². The number of benzene rings is 1. The average Bonchev–Trinajstić information content (AvgIpc) is 3.19. The molecule has 8 atom stereocenters. The summed E-state index contributed by atoms with van der Waals surface area (Å²) in [6, 6.07) is 9.74. The number of ketones is 1. The molecule has 1 aromatic carbocycles. The highest BCUT2D eigenvalue weighted by Crippen LogP contribution is 2.88. The summed E-state index contributed by atoms with van der Waals surface area (Å²) in [6.07, 6.45) is 1.90. The number of allylic oxidation sites excluding steroid dienone is 1. The third-order valence-electron chi connectivity index (χ3n) is 9.71. The first kappa shape index (κ1) is 20.7. The van der Waals surface area contributed by atoms with Crippen LogP contribution in [0.15, 0.2) is 42.0 Å². The Kier molecular flexibility index (Phi) is 3.43. The lowest BCUT2D eigenvalue weighted by Gasteiger charge is -2.54. The fraction of sp³-hybridized carbons (Fsp3) is 0.654. The van der Waals surface area contributed by atoms with Crippen LogP contribution in [0.5, 0.6) is 0 Å². The maximum absolute atomic E-state index is 14.0. The first-order valence-electron chi connectivity index (χ1n) is 11.9. The van der Waals surface area contributed by atoms with Crippen molar-refractivity contribution in [2.45, 2.75) is 93.6 Å². The summed E-state index contributed by atoms with van der Waals surface area (Å²) in [4.78, 5) is 14.0. The number of aliphatic hydroxyl groups is 2. The summed E-state index contributed by atoms with van der Waals surface area (Å²) in [5.41, 5.74) is -4.92. The molecule has 8 unspecified atom stereocenters. The fourth-order valence-corrected chi connectivity index (χ4v) is 8.70. The first-order valence-corrected chi connectivity index (χ1v) is 11.9. The topological polar surface area (TPSA) is 94.5 Å². The van der Waals surface area contributed by atoms with Crippen molar-refractivity contribution in [2.75, 3.05) is 0 Å². The van der Waals surface area contributed by atoms with Gasteiger partial charge >= 0.3 is 0 Å². The molecule has 4 aliphatic carbocycles. The summed E-state index contributed by atoms with van der Waals surface area (Å²) in [6.45, 7) is 7.64. The van der Waals surface area contributed by atoms with E-state index in [1.165, 1.54) is 0 Å². The van der Waals surface area contributed by atoms with E-state index in [4.69, 9.17) is 18.9 Å². The molecule has 3 aliphatic heterocycles. The van der Waals surface area contributed by atoms with Gasteiger partial charge in [0.1, 0.15) is 11.7 Å². The second-order valence-corrected chi connectivity index (χ2v) is 11.5. The van der Waals surface area contributed by atoms with Crippen LogP contribution < -0.4 is 0 Å². The third kappa shape index (κ3) is 1.72. The lowest BCUT2D eigenvalue weighted by atomic mass is 9.59. The minimum Gasteiger partial charge on any atom is -0.386 e. The van der Waals surface area contributed by atoms with Gasteiger partial charge in [0.05, 0.1) is 12.0 Å². The van der Waals surface area contributed by atoms with E-state index in [-0.39, 0.29) is 13.0 Å². The van der Waals surface area contributed by atoms with Crippen molar-refractivity contribution in [1.29, 1.82) is 0 Å². The standard InChI is InChI=1S/C26H30O7/c1-15-10-11-22(29)17-13-24(30-14-16-8-6-5-7-9-16)21(4)18(27)19(28)25(17)26(21,23(22,12-15)33-24)32-20(2,3)31-25/h5-9,12,17-18,27,29H,10-11,13-14H2,1-4H3. The van der Waals surface area contributed by atoms with Gasteiger partial charge in [-0.3, -0.25) is 4.79 Å². The molecule has 2 spiro atoms. The maximum Gasteiger partial charge on any atom is 0.197 e. The molecule has 6 fully saturated rings. The summed E-state index contributed by atoms with van der Waals surface area (Å²) < 4.78 is 26.7.